The summed E-state index contributed by atoms with van der Waals surface area (Å²) in [5.74, 6) is 0. The number of amides is 1. The maximum Gasteiger partial charge on any atom is 0.222 e. The zero-order chi connectivity index (χ0) is 7.94. The molecule has 0 aliphatic heterocycles. The fourth-order valence-corrected chi connectivity index (χ4v) is 0.659. The van der Waals surface area contributed by atoms with Gasteiger partial charge >= 0.3 is 0 Å². The van der Waals surface area contributed by atoms with Gasteiger partial charge in [-0.2, -0.15) is 0 Å². The standard InChI is InChI=1S/C7H9N3O/c11-6-8-10-9-7-4-2-1-3-5-7/h1-6,9-10H,(H,8,11). The molecule has 0 fully saturated rings. The third kappa shape index (κ3) is 2.68. The largest absolute Gasteiger partial charge is 0.304 e. The number of hydrazine groups is 2. The first-order chi connectivity index (χ1) is 5.43. The highest BCUT2D eigenvalue weighted by molar-refractivity contribution is 5.46. The molecule has 1 amide bonds. The molecular formula is C7H9N3O. The van der Waals surface area contributed by atoms with Crippen LogP contribution < -0.4 is 16.4 Å². The maximum atomic E-state index is 9.78. The molecule has 4 heteroatoms. The van der Waals surface area contributed by atoms with Crippen LogP contribution in [0.3, 0.4) is 0 Å². The summed E-state index contributed by atoms with van der Waals surface area (Å²) in [5, 5.41) is 0. The quantitative estimate of drug-likeness (QED) is 0.329. The fourth-order valence-electron chi connectivity index (χ4n) is 0.659. The Morgan fingerprint density at radius 1 is 1.18 bits per heavy atom. The zero-order valence-corrected chi connectivity index (χ0v) is 5.87. The average Bonchev–Trinajstić information content (AvgIpc) is 2.07. The molecule has 0 atom stereocenters. The first-order valence-corrected chi connectivity index (χ1v) is 3.19. The molecule has 0 aliphatic rings. The predicted octanol–water partition coefficient (Wildman–Crippen LogP) is 0.264. The third-order valence-electron chi connectivity index (χ3n) is 1.11. The van der Waals surface area contributed by atoms with E-state index in [4.69, 9.17) is 0 Å². The number of rotatable bonds is 4. The minimum atomic E-state index is 0.552. The van der Waals surface area contributed by atoms with E-state index in [0.29, 0.717) is 6.41 Å². The van der Waals surface area contributed by atoms with Crippen molar-refractivity contribution >= 4 is 12.1 Å². The minimum Gasteiger partial charge on any atom is -0.304 e. The number of nitrogens with one attached hydrogen (secondary N) is 3. The highest BCUT2D eigenvalue weighted by Gasteiger charge is 1.83. The molecule has 0 saturated heterocycles. The number of para-hydroxylation sites is 1. The van der Waals surface area contributed by atoms with E-state index in [-0.39, 0.29) is 0 Å². The summed E-state index contributed by atoms with van der Waals surface area (Å²) >= 11 is 0. The summed E-state index contributed by atoms with van der Waals surface area (Å²) in [6.07, 6.45) is 0.552. The fraction of sp³-hybridized carbons (Fsp3) is 0. The molecule has 1 aromatic rings. The van der Waals surface area contributed by atoms with Crippen LogP contribution in [-0.2, 0) is 4.79 Å². The summed E-state index contributed by atoms with van der Waals surface area (Å²) in [6, 6.07) is 9.45. The molecule has 4 nitrogen and oxygen atoms in total. The van der Waals surface area contributed by atoms with Crippen molar-refractivity contribution in [3.05, 3.63) is 30.3 Å². The Labute approximate surface area is 64.5 Å². The molecule has 0 unspecified atom stereocenters. The van der Waals surface area contributed by atoms with Gasteiger partial charge in [0.05, 0.1) is 5.69 Å². The van der Waals surface area contributed by atoms with E-state index in [0.717, 1.165) is 5.69 Å². The van der Waals surface area contributed by atoms with E-state index < -0.39 is 0 Å². The zero-order valence-electron chi connectivity index (χ0n) is 5.87. The number of carbonyl (C=O) groups is 1. The van der Waals surface area contributed by atoms with Gasteiger partial charge < -0.3 is 5.43 Å². The van der Waals surface area contributed by atoms with Gasteiger partial charge in [0.2, 0.25) is 6.41 Å². The highest BCUT2D eigenvalue weighted by Crippen LogP contribution is 2.01. The second-order valence-corrected chi connectivity index (χ2v) is 1.88. The van der Waals surface area contributed by atoms with Crippen molar-refractivity contribution in [2.45, 2.75) is 0 Å². The third-order valence-corrected chi connectivity index (χ3v) is 1.11. The molecular weight excluding hydrogens is 142 g/mol. The number of hydrogen-bond acceptors (Lipinski definition) is 3. The summed E-state index contributed by atoms with van der Waals surface area (Å²) in [4.78, 5) is 9.78. The van der Waals surface area contributed by atoms with Crippen molar-refractivity contribution < 1.29 is 4.79 Å². The molecule has 0 bridgehead atoms. The molecule has 0 radical (unpaired) electrons. The second kappa shape index (κ2) is 4.29. The van der Waals surface area contributed by atoms with Crippen LogP contribution in [0.25, 0.3) is 0 Å². The Hall–Kier alpha value is -1.55. The Morgan fingerprint density at radius 3 is 2.55 bits per heavy atom. The van der Waals surface area contributed by atoms with Gasteiger partial charge in [0.15, 0.2) is 0 Å². The molecule has 1 rings (SSSR count). The molecule has 0 aliphatic carbocycles. The normalized spacial score (nSPS) is 8.73. The predicted molar refractivity (Wildman–Crippen MR) is 42.4 cm³/mol. The Morgan fingerprint density at radius 2 is 1.91 bits per heavy atom. The van der Waals surface area contributed by atoms with Gasteiger partial charge in [0.1, 0.15) is 0 Å². The molecule has 0 spiro atoms. The summed E-state index contributed by atoms with van der Waals surface area (Å²) in [6.45, 7) is 0. The van der Waals surface area contributed by atoms with Gasteiger partial charge in [-0.3, -0.25) is 10.2 Å². The van der Waals surface area contributed by atoms with Crippen molar-refractivity contribution in [3.63, 3.8) is 0 Å². The van der Waals surface area contributed by atoms with Crippen LogP contribution in [0.1, 0.15) is 0 Å². The van der Waals surface area contributed by atoms with E-state index >= 15 is 0 Å². The topological polar surface area (TPSA) is 53.2 Å². The van der Waals surface area contributed by atoms with E-state index in [1.807, 2.05) is 30.3 Å². The number of anilines is 1. The molecule has 0 aromatic heterocycles. The number of benzene rings is 1. The lowest BCUT2D eigenvalue weighted by Gasteiger charge is -2.04. The average molecular weight is 151 g/mol. The number of carbonyl (C=O) groups excluding carboxylic acids is 1. The molecule has 0 heterocycles. The SMILES string of the molecule is O=CNNNc1ccccc1. The van der Waals surface area contributed by atoms with Crippen molar-refractivity contribution in [2.75, 3.05) is 5.43 Å². The second-order valence-electron chi connectivity index (χ2n) is 1.88. The van der Waals surface area contributed by atoms with E-state index in [1.54, 1.807) is 0 Å². The van der Waals surface area contributed by atoms with Crippen LogP contribution in [0.15, 0.2) is 30.3 Å². The van der Waals surface area contributed by atoms with Crippen LogP contribution in [0.4, 0.5) is 5.69 Å². The smallest absolute Gasteiger partial charge is 0.222 e. The summed E-state index contributed by atoms with van der Waals surface area (Å²) in [5.41, 5.74) is 8.38. The number of hydrogen-bond donors (Lipinski definition) is 3. The van der Waals surface area contributed by atoms with Crippen molar-refractivity contribution in [3.8, 4) is 0 Å². The van der Waals surface area contributed by atoms with Crippen LogP contribution in [0.2, 0.25) is 0 Å². The van der Waals surface area contributed by atoms with Crippen LogP contribution in [0.5, 0.6) is 0 Å². The van der Waals surface area contributed by atoms with E-state index in [9.17, 15) is 4.79 Å². The molecule has 0 saturated carbocycles. The Kier molecular flexibility index (Phi) is 2.95. The van der Waals surface area contributed by atoms with Gasteiger partial charge in [-0.05, 0) is 12.1 Å². The minimum absolute atomic E-state index is 0.552. The molecule has 1 aromatic carbocycles. The van der Waals surface area contributed by atoms with Crippen molar-refractivity contribution in [1.29, 1.82) is 0 Å². The lowest BCUT2D eigenvalue weighted by atomic mass is 10.3. The monoisotopic (exact) mass is 151 g/mol. The first-order valence-electron chi connectivity index (χ1n) is 3.19. The van der Waals surface area contributed by atoms with Crippen molar-refractivity contribution in [2.24, 2.45) is 0 Å². The summed E-state index contributed by atoms with van der Waals surface area (Å²) in [7, 11) is 0. The molecule has 3 N–H and O–H groups in total. The van der Waals surface area contributed by atoms with E-state index in [1.165, 1.54) is 0 Å². The lowest BCUT2D eigenvalue weighted by molar-refractivity contribution is -0.110. The Balaban J connectivity index is 2.33. The lowest BCUT2D eigenvalue weighted by Crippen LogP contribution is -2.35. The first kappa shape index (κ1) is 7.56. The van der Waals surface area contributed by atoms with Gasteiger partial charge in [-0.15, -0.1) is 5.53 Å². The highest BCUT2D eigenvalue weighted by atomic mass is 16.1. The maximum absolute atomic E-state index is 9.78. The summed E-state index contributed by atoms with van der Waals surface area (Å²) < 4.78 is 0. The molecule has 58 valence electrons. The van der Waals surface area contributed by atoms with Crippen LogP contribution in [0, 0.1) is 0 Å². The van der Waals surface area contributed by atoms with Gasteiger partial charge in [-0.25, -0.2) is 0 Å². The van der Waals surface area contributed by atoms with Crippen LogP contribution in [-0.4, -0.2) is 6.41 Å². The van der Waals surface area contributed by atoms with Gasteiger partial charge in [-0.1, -0.05) is 18.2 Å². The Bertz CT molecular complexity index is 212. The molecule has 11 heavy (non-hydrogen) atoms. The van der Waals surface area contributed by atoms with Gasteiger partial charge in [0, 0.05) is 0 Å². The van der Waals surface area contributed by atoms with Crippen LogP contribution >= 0.6 is 0 Å². The van der Waals surface area contributed by atoms with Gasteiger partial charge in [0.25, 0.3) is 0 Å². The van der Waals surface area contributed by atoms with E-state index in [2.05, 4.69) is 16.4 Å². The van der Waals surface area contributed by atoms with Crippen molar-refractivity contribution in [1.82, 2.24) is 11.0 Å².